The van der Waals surface area contributed by atoms with E-state index in [0.29, 0.717) is 19.3 Å². The maximum Gasteiger partial charge on any atom is 0.217 e. The molecule has 0 heterocycles. The zero-order valence-corrected chi connectivity index (χ0v) is 13.8. The Morgan fingerprint density at radius 2 is 1.52 bits per heavy atom. The van der Waals surface area contributed by atoms with Crippen molar-refractivity contribution in [3.8, 4) is 0 Å². The third-order valence-corrected chi connectivity index (χ3v) is 3.95. The molecule has 23 heavy (non-hydrogen) atoms. The molecule has 0 radical (unpaired) electrons. The molecule has 2 amide bonds. The number of primary amides is 2. The lowest BCUT2D eigenvalue weighted by Gasteiger charge is -2.11. The van der Waals surface area contributed by atoms with Crippen LogP contribution < -0.4 is 17.2 Å². The molecule has 0 aromatic heterocycles. The molecule has 0 spiro atoms. The van der Waals surface area contributed by atoms with Crippen LogP contribution in [0.15, 0.2) is 24.3 Å². The van der Waals surface area contributed by atoms with E-state index < -0.39 is 0 Å². The van der Waals surface area contributed by atoms with E-state index in [-0.39, 0.29) is 17.9 Å². The number of carbonyl (C=O) groups is 2. The lowest BCUT2D eigenvalue weighted by Crippen LogP contribution is -2.23. The Morgan fingerprint density at radius 1 is 0.870 bits per heavy atom. The summed E-state index contributed by atoms with van der Waals surface area (Å²) in [5.41, 5.74) is 18.8. The molecule has 6 N–H and O–H groups in total. The first-order valence-corrected chi connectivity index (χ1v) is 8.37. The van der Waals surface area contributed by atoms with E-state index >= 15 is 0 Å². The molecule has 0 aliphatic carbocycles. The molecule has 0 aliphatic rings. The molecule has 0 aliphatic heterocycles. The summed E-state index contributed by atoms with van der Waals surface area (Å²) >= 11 is 0. The molecular formula is C18H29N3O2. The van der Waals surface area contributed by atoms with Crippen LogP contribution in [0, 0.1) is 0 Å². The van der Waals surface area contributed by atoms with Crippen molar-refractivity contribution in [2.75, 3.05) is 0 Å². The van der Waals surface area contributed by atoms with Gasteiger partial charge in [0.15, 0.2) is 0 Å². The highest BCUT2D eigenvalue weighted by Crippen LogP contribution is 2.13. The first-order valence-electron chi connectivity index (χ1n) is 8.37. The van der Waals surface area contributed by atoms with Gasteiger partial charge in [0.1, 0.15) is 0 Å². The van der Waals surface area contributed by atoms with Crippen molar-refractivity contribution >= 4 is 11.8 Å². The molecule has 0 fully saturated rings. The highest BCUT2D eigenvalue weighted by atomic mass is 16.1. The van der Waals surface area contributed by atoms with Crippen molar-refractivity contribution in [3.63, 3.8) is 0 Å². The summed E-state index contributed by atoms with van der Waals surface area (Å²) in [5, 5.41) is 0. The van der Waals surface area contributed by atoms with E-state index in [2.05, 4.69) is 24.3 Å². The normalized spacial score (nSPS) is 12.0. The summed E-state index contributed by atoms with van der Waals surface area (Å²) in [6.07, 6.45) is 7.21. The zero-order chi connectivity index (χ0) is 17.1. The van der Waals surface area contributed by atoms with Gasteiger partial charge in [0.25, 0.3) is 0 Å². The highest BCUT2D eigenvalue weighted by molar-refractivity contribution is 5.73. The molecule has 1 atom stereocenters. The SMILES string of the molecule is NC(=O)CCCCCc1cccc(CCC(N)CCC(N)=O)c1. The number of unbranched alkanes of at least 4 members (excludes halogenated alkanes) is 2. The van der Waals surface area contributed by atoms with E-state index in [4.69, 9.17) is 17.2 Å². The summed E-state index contributed by atoms with van der Waals surface area (Å²) < 4.78 is 0. The summed E-state index contributed by atoms with van der Waals surface area (Å²) in [6, 6.07) is 8.54. The second-order valence-electron chi connectivity index (χ2n) is 6.15. The predicted molar refractivity (Wildman–Crippen MR) is 92.5 cm³/mol. The van der Waals surface area contributed by atoms with Crippen LogP contribution in [-0.2, 0) is 22.4 Å². The van der Waals surface area contributed by atoms with Gasteiger partial charge in [-0.15, -0.1) is 0 Å². The van der Waals surface area contributed by atoms with Crippen molar-refractivity contribution in [3.05, 3.63) is 35.4 Å². The van der Waals surface area contributed by atoms with Crippen molar-refractivity contribution in [2.45, 2.75) is 63.8 Å². The topological polar surface area (TPSA) is 112 Å². The highest BCUT2D eigenvalue weighted by Gasteiger charge is 2.06. The van der Waals surface area contributed by atoms with E-state index in [0.717, 1.165) is 38.5 Å². The summed E-state index contributed by atoms with van der Waals surface area (Å²) in [4.78, 5) is 21.4. The first kappa shape index (κ1) is 19.2. The fourth-order valence-electron chi connectivity index (χ4n) is 2.57. The van der Waals surface area contributed by atoms with Crippen molar-refractivity contribution in [1.82, 2.24) is 0 Å². The number of carbonyl (C=O) groups excluding carboxylic acids is 2. The van der Waals surface area contributed by atoms with Crippen LogP contribution in [0.2, 0.25) is 0 Å². The number of hydrogen-bond acceptors (Lipinski definition) is 3. The van der Waals surface area contributed by atoms with Crippen molar-refractivity contribution in [1.29, 1.82) is 0 Å². The molecule has 1 unspecified atom stereocenters. The van der Waals surface area contributed by atoms with Crippen molar-refractivity contribution in [2.24, 2.45) is 17.2 Å². The Morgan fingerprint density at radius 3 is 2.17 bits per heavy atom. The van der Waals surface area contributed by atoms with Crippen LogP contribution in [0.5, 0.6) is 0 Å². The minimum Gasteiger partial charge on any atom is -0.370 e. The number of amides is 2. The van der Waals surface area contributed by atoms with Gasteiger partial charge in [-0.2, -0.15) is 0 Å². The van der Waals surface area contributed by atoms with Gasteiger partial charge in [-0.3, -0.25) is 9.59 Å². The molecule has 1 aromatic carbocycles. The lowest BCUT2D eigenvalue weighted by molar-refractivity contribution is -0.119. The number of aryl methyl sites for hydroxylation is 2. The van der Waals surface area contributed by atoms with Gasteiger partial charge in [-0.05, 0) is 49.7 Å². The van der Waals surface area contributed by atoms with Gasteiger partial charge in [0.05, 0.1) is 0 Å². The van der Waals surface area contributed by atoms with E-state index in [1.54, 1.807) is 0 Å². The minimum absolute atomic E-state index is 0.0138. The molecule has 5 heteroatoms. The second kappa shape index (κ2) is 10.8. The number of hydrogen-bond donors (Lipinski definition) is 3. The minimum atomic E-state index is -0.293. The summed E-state index contributed by atoms with van der Waals surface area (Å²) in [6.45, 7) is 0. The van der Waals surface area contributed by atoms with Gasteiger partial charge in [-0.25, -0.2) is 0 Å². The maximum absolute atomic E-state index is 10.7. The molecule has 1 aromatic rings. The number of benzene rings is 1. The Bertz CT molecular complexity index is 503. The van der Waals surface area contributed by atoms with E-state index in [1.807, 2.05) is 0 Å². The van der Waals surface area contributed by atoms with Crippen LogP contribution >= 0.6 is 0 Å². The zero-order valence-electron chi connectivity index (χ0n) is 13.8. The van der Waals surface area contributed by atoms with Crippen LogP contribution in [0.4, 0.5) is 0 Å². The smallest absolute Gasteiger partial charge is 0.217 e. The fraction of sp³-hybridized carbons (Fsp3) is 0.556. The third kappa shape index (κ3) is 9.68. The fourth-order valence-corrected chi connectivity index (χ4v) is 2.57. The van der Waals surface area contributed by atoms with Gasteiger partial charge in [0, 0.05) is 18.9 Å². The molecular weight excluding hydrogens is 290 g/mol. The first-order chi connectivity index (χ1) is 11.0. The quantitative estimate of drug-likeness (QED) is 0.510. The molecule has 5 nitrogen and oxygen atoms in total. The van der Waals surface area contributed by atoms with Crippen LogP contribution in [0.1, 0.15) is 56.1 Å². The van der Waals surface area contributed by atoms with Gasteiger partial charge < -0.3 is 17.2 Å². The third-order valence-electron chi connectivity index (χ3n) is 3.95. The molecule has 0 bridgehead atoms. The van der Waals surface area contributed by atoms with Gasteiger partial charge >= 0.3 is 0 Å². The standard InChI is InChI=1S/C18H29N3O2/c19-16(11-12-18(21)23)10-9-15-7-4-6-14(13-15)5-2-1-3-8-17(20)22/h4,6-7,13,16H,1-3,5,8-12,19H2,(H2,20,22)(H2,21,23). The van der Waals surface area contributed by atoms with E-state index in [1.165, 1.54) is 11.1 Å². The average molecular weight is 319 g/mol. The van der Waals surface area contributed by atoms with Crippen LogP contribution in [0.3, 0.4) is 0 Å². The molecule has 1 rings (SSSR count). The maximum atomic E-state index is 10.7. The van der Waals surface area contributed by atoms with Crippen molar-refractivity contribution < 1.29 is 9.59 Å². The molecule has 0 saturated carbocycles. The van der Waals surface area contributed by atoms with Gasteiger partial charge in [-0.1, -0.05) is 30.7 Å². The Kier molecular flexibility index (Phi) is 8.98. The largest absolute Gasteiger partial charge is 0.370 e. The Balaban J connectivity index is 2.29. The summed E-state index contributed by atoms with van der Waals surface area (Å²) in [7, 11) is 0. The van der Waals surface area contributed by atoms with Gasteiger partial charge in [0.2, 0.25) is 11.8 Å². The van der Waals surface area contributed by atoms with Crippen LogP contribution in [-0.4, -0.2) is 17.9 Å². The predicted octanol–water partition coefficient (Wildman–Crippen LogP) is 1.80. The van der Waals surface area contributed by atoms with Crippen LogP contribution in [0.25, 0.3) is 0 Å². The second-order valence-corrected chi connectivity index (χ2v) is 6.15. The Hall–Kier alpha value is -1.88. The monoisotopic (exact) mass is 319 g/mol. The number of nitrogens with two attached hydrogens (primary N) is 3. The number of rotatable bonds is 12. The molecule has 0 saturated heterocycles. The molecule has 128 valence electrons. The Labute approximate surface area is 138 Å². The average Bonchev–Trinajstić information content (AvgIpc) is 2.50. The van der Waals surface area contributed by atoms with E-state index in [9.17, 15) is 9.59 Å². The summed E-state index contributed by atoms with van der Waals surface area (Å²) in [5.74, 6) is -0.515. The lowest BCUT2D eigenvalue weighted by atomic mass is 9.99.